The van der Waals surface area contributed by atoms with Crippen LogP contribution in [0.15, 0.2) is 29.4 Å². The minimum atomic E-state index is -0.143. The summed E-state index contributed by atoms with van der Waals surface area (Å²) in [5.74, 6) is 0. The van der Waals surface area contributed by atoms with Crippen LogP contribution in [0.4, 0.5) is 0 Å². The Kier molecular flexibility index (Phi) is 2.51. The molecule has 1 aliphatic heterocycles. The van der Waals surface area contributed by atoms with Crippen LogP contribution in [0.25, 0.3) is 0 Å². The highest BCUT2D eigenvalue weighted by atomic mass is 16.7. The molecule has 1 unspecified atom stereocenters. The molecule has 1 aromatic rings. The highest BCUT2D eigenvalue weighted by Gasteiger charge is 2.32. The number of oxime groups is 1. The molecule has 2 heteroatoms. The Morgan fingerprint density at radius 3 is 2.67 bits per heavy atom. The van der Waals surface area contributed by atoms with E-state index in [-0.39, 0.29) is 5.60 Å². The highest BCUT2D eigenvalue weighted by molar-refractivity contribution is 5.83. The summed E-state index contributed by atoms with van der Waals surface area (Å²) in [5, 5.41) is 4.03. The van der Waals surface area contributed by atoms with E-state index in [4.69, 9.17) is 4.84 Å². The summed E-state index contributed by atoms with van der Waals surface area (Å²) in [6, 6.07) is 8.45. The first kappa shape index (κ1) is 10.2. The van der Waals surface area contributed by atoms with Crippen molar-refractivity contribution in [3.05, 3.63) is 35.4 Å². The Morgan fingerprint density at radius 1 is 1.33 bits per heavy atom. The molecule has 1 atom stereocenters. The van der Waals surface area contributed by atoms with Crippen molar-refractivity contribution in [1.29, 1.82) is 0 Å². The highest BCUT2D eigenvalue weighted by Crippen LogP contribution is 2.28. The van der Waals surface area contributed by atoms with Crippen molar-refractivity contribution in [2.45, 2.75) is 39.2 Å². The molecule has 1 heterocycles. The summed E-state index contributed by atoms with van der Waals surface area (Å²) < 4.78 is 0. The van der Waals surface area contributed by atoms with Gasteiger partial charge in [0.25, 0.3) is 0 Å². The van der Waals surface area contributed by atoms with E-state index in [0.29, 0.717) is 0 Å². The lowest BCUT2D eigenvalue weighted by Crippen LogP contribution is -2.27. The van der Waals surface area contributed by atoms with E-state index in [2.05, 4.69) is 43.3 Å². The van der Waals surface area contributed by atoms with E-state index >= 15 is 0 Å². The summed E-state index contributed by atoms with van der Waals surface area (Å²) in [6.07, 6.45) is 1.86. The molecule has 0 saturated heterocycles. The Hall–Kier alpha value is -1.31. The van der Waals surface area contributed by atoms with Crippen LogP contribution in [0.1, 0.15) is 31.4 Å². The minimum absolute atomic E-state index is 0.143. The van der Waals surface area contributed by atoms with Crippen LogP contribution in [0.5, 0.6) is 0 Å². The molecule has 0 fully saturated rings. The van der Waals surface area contributed by atoms with Gasteiger partial charge in [-0.2, -0.15) is 0 Å². The van der Waals surface area contributed by atoms with E-state index in [1.54, 1.807) is 0 Å². The van der Waals surface area contributed by atoms with Crippen molar-refractivity contribution < 1.29 is 4.84 Å². The molecule has 2 nitrogen and oxygen atoms in total. The molecule has 15 heavy (non-hydrogen) atoms. The molecule has 0 aliphatic carbocycles. The van der Waals surface area contributed by atoms with Crippen molar-refractivity contribution in [1.82, 2.24) is 0 Å². The second-order valence-electron chi connectivity index (χ2n) is 4.65. The number of hydrogen-bond acceptors (Lipinski definition) is 2. The Bertz CT molecular complexity index is 397. The molecule has 0 N–H and O–H groups in total. The third-order valence-electron chi connectivity index (χ3n) is 2.88. The number of hydrogen-bond donors (Lipinski definition) is 0. The summed E-state index contributed by atoms with van der Waals surface area (Å²) in [4.78, 5) is 5.50. The zero-order valence-corrected chi connectivity index (χ0v) is 9.58. The maximum Gasteiger partial charge on any atom is 0.144 e. The summed E-state index contributed by atoms with van der Waals surface area (Å²) in [7, 11) is 0. The fraction of sp³-hybridized carbons (Fsp3) is 0.462. The fourth-order valence-corrected chi connectivity index (χ4v) is 2.10. The van der Waals surface area contributed by atoms with Gasteiger partial charge in [-0.3, -0.25) is 0 Å². The normalized spacial score (nSPS) is 24.9. The van der Waals surface area contributed by atoms with Gasteiger partial charge < -0.3 is 4.84 Å². The first-order valence-corrected chi connectivity index (χ1v) is 5.35. The molecule has 0 bridgehead atoms. The lowest BCUT2D eigenvalue weighted by molar-refractivity contribution is -0.00293. The predicted molar refractivity (Wildman–Crippen MR) is 62.1 cm³/mol. The lowest BCUT2D eigenvalue weighted by Gasteiger charge is -2.22. The molecule has 0 radical (unpaired) electrons. The standard InChI is InChI=1S/C13H17NO/c1-10-6-4-5-7-12(10)9-13(3)8-11(2)14-15-13/h4-7H,8-9H2,1-3H3. The topological polar surface area (TPSA) is 21.6 Å². The zero-order valence-electron chi connectivity index (χ0n) is 9.58. The second-order valence-corrected chi connectivity index (χ2v) is 4.65. The van der Waals surface area contributed by atoms with E-state index in [9.17, 15) is 0 Å². The van der Waals surface area contributed by atoms with Crippen LogP contribution < -0.4 is 0 Å². The number of nitrogens with zero attached hydrogens (tertiary/aromatic N) is 1. The quantitative estimate of drug-likeness (QED) is 0.723. The molecule has 1 aromatic carbocycles. The Labute approximate surface area is 90.9 Å². The average molecular weight is 203 g/mol. The van der Waals surface area contributed by atoms with Crippen LogP contribution >= 0.6 is 0 Å². The molecular weight excluding hydrogens is 186 g/mol. The van der Waals surface area contributed by atoms with Crippen LogP contribution in [-0.4, -0.2) is 11.3 Å². The molecule has 2 rings (SSSR count). The van der Waals surface area contributed by atoms with Crippen molar-refractivity contribution >= 4 is 5.71 Å². The Balaban J connectivity index is 2.13. The van der Waals surface area contributed by atoms with Gasteiger partial charge in [0.2, 0.25) is 0 Å². The molecule has 0 aromatic heterocycles. The SMILES string of the molecule is CC1=NOC(C)(Cc2ccccc2C)C1. The van der Waals surface area contributed by atoms with Gasteiger partial charge in [-0.1, -0.05) is 29.4 Å². The predicted octanol–water partition coefficient (Wildman–Crippen LogP) is 3.09. The third-order valence-corrected chi connectivity index (χ3v) is 2.88. The van der Waals surface area contributed by atoms with E-state index in [1.807, 2.05) is 6.92 Å². The molecule has 0 amide bonds. The second kappa shape index (κ2) is 3.69. The van der Waals surface area contributed by atoms with Crippen LogP contribution in [-0.2, 0) is 11.3 Å². The monoisotopic (exact) mass is 203 g/mol. The number of rotatable bonds is 2. The lowest BCUT2D eigenvalue weighted by atomic mass is 9.90. The maximum absolute atomic E-state index is 5.50. The first-order chi connectivity index (χ1) is 7.09. The van der Waals surface area contributed by atoms with Gasteiger partial charge in [0.05, 0.1) is 5.71 Å². The van der Waals surface area contributed by atoms with E-state index in [0.717, 1.165) is 18.6 Å². The van der Waals surface area contributed by atoms with Gasteiger partial charge in [-0.05, 0) is 31.9 Å². The summed E-state index contributed by atoms with van der Waals surface area (Å²) in [6.45, 7) is 6.28. The summed E-state index contributed by atoms with van der Waals surface area (Å²) >= 11 is 0. The Morgan fingerprint density at radius 2 is 2.07 bits per heavy atom. The van der Waals surface area contributed by atoms with Gasteiger partial charge in [0, 0.05) is 12.8 Å². The smallest absolute Gasteiger partial charge is 0.144 e. The van der Waals surface area contributed by atoms with Crippen molar-refractivity contribution in [2.75, 3.05) is 0 Å². The molecule has 1 aliphatic rings. The van der Waals surface area contributed by atoms with Gasteiger partial charge in [0.15, 0.2) is 0 Å². The van der Waals surface area contributed by atoms with Gasteiger partial charge >= 0.3 is 0 Å². The maximum atomic E-state index is 5.50. The van der Waals surface area contributed by atoms with Gasteiger partial charge in [-0.15, -0.1) is 0 Å². The largest absolute Gasteiger partial charge is 0.389 e. The van der Waals surface area contributed by atoms with Gasteiger partial charge in [0.1, 0.15) is 5.60 Å². The fourth-order valence-electron chi connectivity index (χ4n) is 2.10. The number of benzene rings is 1. The van der Waals surface area contributed by atoms with Gasteiger partial charge in [-0.25, -0.2) is 0 Å². The molecular formula is C13H17NO. The van der Waals surface area contributed by atoms with E-state index in [1.165, 1.54) is 11.1 Å². The molecule has 80 valence electrons. The average Bonchev–Trinajstić information content (AvgIpc) is 2.51. The van der Waals surface area contributed by atoms with Crippen molar-refractivity contribution in [3.63, 3.8) is 0 Å². The zero-order chi connectivity index (χ0) is 10.9. The van der Waals surface area contributed by atoms with Crippen molar-refractivity contribution in [2.24, 2.45) is 5.16 Å². The minimum Gasteiger partial charge on any atom is -0.389 e. The summed E-state index contributed by atoms with van der Waals surface area (Å²) in [5.41, 5.74) is 3.62. The molecule has 0 saturated carbocycles. The van der Waals surface area contributed by atoms with Crippen molar-refractivity contribution in [3.8, 4) is 0 Å². The van der Waals surface area contributed by atoms with Crippen LogP contribution in [0.2, 0.25) is 0 Å². The van der Waals surface area contributed by atoms with E-state index < -0.39 is 0 Å². The van der Waals surface area contributed by atoms with Crippen LogP contribution in [0, 0.1) is 6.92 Å². The van der Waals surface area contributed by atoms with Crippen LogP contribution in [0.3, 0.4) is 0 Å². The third kappa shape index (κ3) is 2.20. The molecule has 0 spiro atoms. The first-order valence-electron chi connectivity index (χ1n) is 5.35. The number of aryl methyl sites for hydroxylation is 1.